The van der Waals surface area contributed by atoms with Crippen LogP contribution >= 0.6 is 0 Å². The minimum Gasteiger partial charge on any atom is -0.493 e. The number of rotatable bonds is 9. The van der Waals surface area contributed by atoms with Gasteiger partial charge in [0, 0.05) is 19.7 Å². The Hall–Kier alpha value is -4.25. The summed E-state index contributed by atoms with van der Waals surface area (Å²) < 4.78 is 12.4. The van der Waals surface area contributed by atoms with Crippen LogP contribution in [0.4, 0.5) is 11.4 Å². The van der Waals surface area contributed by atoms with Crippen molar-refractivity contribution in [1.29, 1.82) is 0 Å². The molecular weight excluding hydrogens is 408 g/mol. The number of carbonyl (C=O) groups excluding carboxylic acids is 2. The van der Waals surface area contributed by atoms with Gasteiger partial charge in [-0.3, -0.25) is 14.3 Å². The van der Waals surface area contributed by atoms with Gasteiger partial charge >= 0.3 is 0 Å². The fourth-order valence-electron chi connectivity index (χ4n) is 3.05. The minimum absolute atomic E-state index is 0.145. The molecule has 2 amide bonds. The Bertz CT molecular complexity index is 1150. The molecular formula is C24H24N4O4. The normalized spacial score (nSPS) is 10.2. The van der Waals surface area contributed by atoms with Gasteiger partial charge in [-0.1, -0.05) is 24.1 Å². The monoisotopic (exact) mass is 432 g/mol. The predicted octanol–water partition coefficient (Wildman–Crippen LogP) is 3.26. The molecule has 8 nitrogen and oxygen atoms in total. The van der Waals surface area contributed by atoms with E-state index in [0.29, 0.717) is 34.9 Å². The van der Waals surface area contributed by atoms with Gasteiger partial charge in [-0.05, 0) is 36.2 Å². The molecule has 3 rings (SSSR count). The molecule has 0 aliphatic rings. The van der Waals surface area contributed by atoms with E-state index in [4.69, 9.17) is 15.9 Å². The summed E-state index contributed by atoms with van der Waals surface area (Å²) >= 11 is 0. The van der Waals surface area contributed by atoms with Crippen LogP contribution in [-0.4, -0.2) is 35.3 Å². The first-order valence-corrected chi connectivity index (χ1v) is 9.92. The lowest BCUT2D eigenvalue weighted by molar-refractivity contribution is -0.116. The van der Waals surface area contributed by atoms with Crippen LogP contribution in [0.15, 0.2) is 54.9 Å². The number of terminal acetylenes is 1. The second-order valence-corrected chi connectivity index (χ2v) is 6.93. The van der Waals surface area contributed by atoms with Crippen LogP contribution in [0.1, 0.15) is 22.3 Å². The number of nitrogens with zero attached hydrogens (tertiary/aromatic N) is 2. The number of aryl methyl sites for hydroxylation is 2. The van der Waals surface area contributed by atoms with Crippen molar-refractivity contribution < 1.29 is 19.1 Å². The molecule has 32 heavy (non-hydrogen) atoms. The molecule has 1 aromatic heterocycles. The number of hydrogen-bond acceptors (Lipinski definition) is 5. The average Bonchev–Trinajstić information content (AvgIpc) is 3.21. The first-order valence-electron chi connectivity index (χ1n) is 9.92. The minimum atomic E-state index is -0.332. The number of carbonyl (C=O) groups is 2. The fraction of sp³-hybridized carbons (Fsp3) is 0.208. The lowest BCUT2D eigenvalue weighted by Crippen LogP contribution is -2.18. The van der Waals surface area contributed by atoms with Gasteiger partial charge in [-0.2, -0.15) is 5.10 Å². The van der Waals surface area contributed by atoms with Gasteiger partial charge in [0.05, 0.1) is 30.2 Å². The molecule has 0 aliphatic heterocycles. The van der Waals surface area contributed by atoms with Gasteiger partial charge in [0.1, 0.15) is 6.61 Å². The number of benzene rings is 2. The summed E-state index contributed by atoms with van der Waals surface area (Å²) in [6.45, 7) is 0.145. The average molecular weight is 432 g/mol. The van der Waals surface area contributed by atoms with Crippen LogP contribution in [-0.2, 0) is 18.3 Å². The van der Waals surface area contributed by atoms with Crippen molar-refractivity contribution in [3.05, 3.63) is 66.0 Å². The van der Waals surface area contributed by atoms with Crippen molar-refractivity contribution in [3.8, 4) is 23.8 Å². The Morgan fingerprint density at radius 3 is 2.69 bits per heavy atom. The standard InChI is InChI=1S/C24H24N4O4/c1-4-13-32-21-11-9-17(14-22(21)31-3)10-12-23(29)27-20-8-6-5-7-19(20)24(30)26-18-15-25-28(2)16-18/h1,5-9,11,14-16H,10,12-13H2,2-3H3,(H,26,30)(H,27,29). The number of amides is 2. The molecule has 2 N–H and O–H groups in total. The van der Waals surface area contributed by atoms with Crippen LogP contribution in [0.25, 0.3) is 0 Å². The highest BCUT2D eigenvalue weighted by atomic mass is 16.5. The second-order valence-electron chi connectivity index (χ2n) is 6.93. The van der Waals surface area contributed by atoms with E-state index in [0.717, 1.165) is 5.56 Å². The molecule has 0 unspecified atom stereocenters. The molecule has 0 saturated heterocycles. The maximum Gasteiger partial charge on any atom is 0.257 e. The van der Waals surface area contributed by atoms with Gasteiger partial charge in [-0.15, -0.1) is 6.42 Å². The summed E-state index contributed by atoms with van der Waals surface area (Å²) in [5, 5.41) is 9.62. The van der Waals surface area contributed by atoms with Gasteiger partial charge in [-0.25, -0.2) is 0 Å². The van der Waals surface area contributed by atoms with Crippen LogP contribution < -0.4 is 20.1 Å². The van der Waals surface area contributed by atoms with Crippen molar-refractivity contribution in [2.24, 2.45) is 7.05 Å². The fourth-order valence-corrected chi connectivity index (χ4v) is 3.05. The SMILES string of the molecule is C#CCOc1ccc(CCC(=O)Nc2ccccc2C(=O)Nc2cnn(C)c2)cc1OC. The molecule has 0 fully saturated rings. The van der Waals surface area contributed by atoms with Gasteiger partial charge in [0.15, 0.2) is 11.5 Å². The number of para-hydroxylation sites is 1. The van der Waals surface area contributed by atoms with E-state index < -0.39 is 0 Å². The third-order valence-electron chi connectivity index (χ3n) is 4.59. The maximum absolute atomic E-state index is 12.6. The Labute approximate surface area is 186 Å². The Morgan fingerprint density at radius 1 is 1.16 bits per heavy atom. The van der Waals surface area contributed by atoms with Gasteiger partial charge in [0.2, 0.25) is 5.91 Å². The molecule has 0 spiro atoms. The largest absolute Gasteiger partial charge is 0.493 e. The third kappa shape index (κ3) is 5.89. The molecule has 0 atom stereocenters. The topological polar surface area (TPSA) is 94.5 Å². The van der Waals surface area contributed by atoms with Crippen LogP contribution in [0.5, 0.6) is 11.5 Å². The van der Waals surface area contributed by atoms with Crippen molar-refractivity contribution in [2.75, 3.05) is 24.4 Å². The molecule has 3 aromatic rings. The Balaban J connectivity index is 1.62. The Morgan fingerprint density at radius 2 is 1.97 bits per heavy atom. The van der Waals surface area contributed by atoms with Crippen LogP contribution in [0.2, 0.25) is 0 Å². The first kappa shape index (κ1) is 22.4. The van der Waals surface area contributed by atoms with Gasteiger partial charge < -0.3 is 20.1 Å². The first-order chi connectivity index (χ1) is 15.5. The third-order valence-corrected chi connectivity index (χ3v) is 4.59. The highest BCUT2D eigenvalue weighted by Crippen LogP contribution is 2.28. The van der Waals surface area contributed by atoms with E-state index in [9.17, 15) is 9.59 Å². The van der Waals surface area contributed by atoms with E-state index in [1.807, 2.05) is 12.1 Å². The predicted molar refractivity (Wildman–Crippen MR) is 122 cm³/mol. The highest BCUT2D eigenvalue weighted by Gasteiger charge is 2.14. The van der Waals surface area contributed by atoms with Crippen molar-refractivity contribution >= 4 is 23.2 Å². The van der Waals surface area contributed by atoms with Crippen molar-refractivity contribution in [3.63, 3.8) is 0 Å². The molecule has 2 aromatic carbocycles. The summed E-state index contributed by atoms with van der Waals surface area (Å²) in [4.78, 5) is 25.2. The van der Waals surface area contributed by atoms with E-state index in [2.05, 4.69) is 21.7 Å². The number of hydrogen-bond donors (Lipinski definition) is 2. The second kappa shape index (κ2) is 10.7. The van der Waals surface area contributed by atoms with Crippen LogP contribution in [0, 0.1) is 12.3 Å². The van der Waals surface area contributed by atoms with Gasteiger partial charge in [0.25, 0.3) is 5.91 Å². The summed E-state index contributed by atoms with van der Waals surface area (Å²) in [6.07, 6.45) is 9.18. The number of ether oxygens (including phenoxy) is 2. The van der Waals surface area contributed by atoms with E-state index in [1.54, 1.807) is 61.6 Å². The van der Waals surface area contributed by atoms with E-state index in [-0.39, 0.29) is 24.8 Å². The number of anilines is 2. The van der Waals surface area contributed by atoms with Crippen molar-refractivity contribution in [1.82, 2.24) is 9.78 Å². The molecule has 0 bridgehead atoms. The molecule has 0 saturated carbocycles. The van der Waals surface area contributed by atoms with E-state index >= 15 is 0 Å². The number of nitrogens with one attached hydrogen (secondary N) is 2. The van der Waals surface area contributed by atoms with Crippen molar-refractivity contribution in [2.45, 2.75) is 12.8 Å². The number of aromatic nitrogens is 2. The summed E-state index contributed by atoms with van der Waals surface area (Å²) in [6, 6.07) is 12.3. The molecule has 0 radical (unpaired) electrons. The zero-order valence-electron chi connectivity index (χ0n) is 17.9. The summed E-state index contributed by atoms with van der Waals surface area (Å²) in [7, 11) is 3.30. The Kier molecular flexibility index (Phi) is 7.49. The quantitative estimate of drug-likeness (QED) is 0.506. The summed E-state index contributed by atoms with van der Waals surface area (Å²) in [5.74, 6) is 2.97. The zero-order valence-corrected chi connectivity index (χ0v) is 17.9. The molecule has 1 heterocycles. The lowest BCUT2D eigenvalue weighted by Gasteiger charge is -2.12. The smallest absolute Gasteiger partial charge is 0.257 e. The zero-order chi connectivity index (χ0) is 22.9. The lowest BCUT2D eigenvalue weighted by atomic mass is 10.1. The molecule has 164 valence electrons. The maximum atomic E-state index is 12.6. The molecule has 8 heteroatoms. The molecule has 0 aliphatic carbocycles. The summed E-state index contributed by atoms with van der Waals surface area (Å²) in [5.41, 5.74) is 2.28. The van der Waals surface area contributed by atoms with Crippen LogP contribution in [0.3, 0.4) is 0 Å². The van der Waals surface area contributed by atoms with E-state index in [1.165, 1.54) is 0 Å². The number of methoxy groups -OCH3 is 1. The highest BCUT2D eigenvalue weighted by molar-refractivity contribution is 6.10.